The van der Waals surface area contributed by atoms with Gasteiger partial charge in [0.2, 0.25) is 11.8 Å². The fourth-order valence-electron chi connectivity index (χ4n) is 5.08. The van der Waals surface area contributed by atoms with E-state index in [2.05, 4.69) is 5.32 Å². The second-order valence-electron chi connectivity index (χ2n) is 9.02. The highest BCUT2D eigenvalue weighted by atomic mass is 16.5. The van der Waals surface area contributed by atoms with Crippen molar-refractivity contribution in [1.82, 2.24) is 4.90 Å². The largest absolute Gasteiger partial charge is 0.454 e. The van der Waals surface area contributed by atoms with Gasteiger partial charge in [-0.15, -0.1) is 0 Å². The lowest BCUT2D eigenvalue weighted by atomic mass is 9.85. The molecule has 0 aromatic heterocycles. The Morgan fingerprint density at radius 3 is 2.09 bits per heavy atom. The van der Waals surface area contributed by atoms with Crippen LogP contribution >= 0.6 is 0 Å². The summed E-state index contributed by atoms with van der Waals surface area (Å²) in [5.74, 6) is -3.10. The molecule has 0 radical (unpaired) electrons. The van der Waals surface area contributed by atoms with Crippen LogP contribution in [0.15, 0.2) is 36.4 Å². The smallest absolute Gasteiger partial charge is 0.330 e. The maximum atomic E-state index is 13.1. The van der Waals surface area contributed by atoms with Gasteiger partial charge in [-0.05, 0) is 55.4 Å². The minimum atomic E-state index is -1.07. The molecule has 1 heterocycles. The van der Waals surface area contributed by atoms with Crippen molar-refractivity contribution in [3.63, 3.8) is 0 Å². The molecular formula is C24H26N2O6. The summed E-state index contributed by atoms with van der Waals surface area (Å²) in [6.07, 6.45) is 4.80. The summed E-state index contributed by atoms with van der Waals surface area (Å²) in [5.41, 5.74) is 0.972. The first-order valence-corrected chi connectivity index (χ1v) is 10.8. The van der Waals surface area contributed by atoms with Crippen LogP contribution in [0.2, 0.25) is 0 Å². The van der Waals surface area contributed by atoms with E-state index in [9.17, 15) is 24.0 Å². The molecule has 0 spiro atoms. The van der Waals surface area contributed by atoms with E-state index in [1.807, 2.05) is 12.2 Å². The summed E-state index contributed by atoms with van der Waals surface area (Å²) >= 11 is 0. The quantitative estimate of drug-likeness (QED) is 0.303. The van der Waals surface area contributed by atoms with Gasteiger partial charge in [0, 0.05) is 11.3 Å². The minimum absolute atomic E-state index is 0.0513. The van der Waals surface area contributed by atoms with E-state index in [4.69, 9.17) is 4.74 Å². The monoisotopic (exact) mass is 438 g/mol. The van der Waals surface area contributed by atoms with Gasteiger partial charge in [-0.25, -0.2) is 4.79 Å². The number of fused-ring (bicyclic) bond motifs is 5. The number of nitrogens with zero attached hydrogens (tertiary/aromatic N) is 1. The minimum Gasteiger partial charge on any atom is -0.454 e. The summed E-state index contributed by atoms with van der Waals surface area (Å²) < 4.78 is 5.20. The molecule has 3 aliphatic rings. The molecule has 1 aromatic rings. The Balaban J connectivity index is 1.39. The van der Waals surface area contributed by atoms with E-state index >= 15 is 0 Å². The van der Waals surface area contributed by atoms with E-state index in [0.29, 0.717) is 11.3 Å². The summed E-state index contributed by atoms with van der Waals surface area (Å²) in [6.45, 7) is 4.38. The number of amides is 3. The zero-order chi connectivity index (χ0) is 23.2. The number of benzene rings is 1. The lowest BCUT2D eigenvalue weighted by Gasteiger charge is -2.28. The van der Waals surface area contributed by atoms with Gasteiger partial charge in [0.25, 0.3) is 5.91 Å². The van der Waals surface area contributed by atoms with Crippen molar-refractivity contribution < 1.29 is 28.7 Å². The van der Waals surface area contributed by atoms with Crippen LogP contribution in [0.3, 0.4) is 0 Å². The summed E-state index contributed by atoms with van der Waals surface area (Å²) in [4.78, 5) is 63.6. The van der Waals surface area contributed by atoms with E-state index < -0.39 is 36.4 Å². The standard InChI is InChI=1S/C24H26N2O6/c1-12(2)21(26-22(29)19-15-4-5-16(10-15)20(19)23(26)30)24(31)32-11-18(28)25-17-8-6-14(7-9-17)13(3)27/h4-9,12,15-16,19-21H,10-11H2,1-3H3,(H,25,28)/t15-,16-,19-,20-,21-/m0/s1. The highest BCUT2D eigenvalue weighted by molar-refractivity contribution is 6.09. The van der Waals surface area contributed by atoms with Gasteiger partial charge >= 0.3 is 5.97 Å². The number of likely N-dealkylation sites (tertiary alicyclic amines) is 1. The molecule has 1 aromatic carbocycles. The van der Waals surface area contributed by atoms with Crippen LogP contribution in [0, 0.1) is 29.6 Å². The van der Waals surface area contributed by atoms with Gasteiger partial charge in [-0.2, -0.15) is 0 Å². The molecular weight excluding hydrogens is 412 g/mol. The van der Waals surface area contributed by atoms with Crippen molar-refractivity contribution in [2.24, 2.45) is 29.6 Å². The molecule has 2 aliphatic carbocycles. The Morgan fingerprint density at radius 2 is 1.59 bits per heavy atom. The first-order chi connectivity index (χ1) is 15.2. The normalized spacial score (nSPS) is 26.4. The first kappa shape index (κ1) is 21.9. The molecule has 1 N–H and O–H groups in total. The van der Waals surface area contributed by atoms with E-state index in [1.165, 1.54) is 6.92 Å². The summed E-state index contributed by atoms with van der Waals surface area (Å²) in [7, 11) is 0. The molecule has 2 bridgehead atoms. The van der Waals surface area contributed by atoms with Crippen LogP contribution in [-0.4, -0.2) is 47.0 Å². The second kappa shape index (κ2) is 8.33. The molecule has 0 unspecified atom stereocenters. The summed E-state index contributed by atoms with van der Waals surface area (Å²) in [6, 6.07) is 5.26. The van der Waals surface area contributed by atoms with Crippen LogP contribution in [0.25, 0.3) is 0 Å². The van der Waals surface area contributed by atoms with Crippen molar-refractivity contribution in [2.45, 2.75) is 33.2 Å². The highest BCUT2D eigenvalue weighted by Crippen LogP contribution is 2.53. The van der Waals surface area contributed by atoms with Gasteiger partial charge in [0.15, 0.2) is 12.4 Å². The fourth-order valence-corrected chi connectivity index (χ4v) is 5.08. The van der Waals surface area contributed by atoms with Crippen LogP contribution in [0.4, 0.5) is 5.69 Å². The number of hydrogen-bond acceptors (Lipinski definition) is 6. The Hall–Kier alpha value is -3.29. The Morgan fingerprint density at radius 1 is 1.03 bits per heavy atom. The van der Waals surface area contributed by atoms with Gasteiger partial charge in [-0.1, -0.05) is 26.0 Å². The second-order valence-corrected chi connectivity index (χ2v) is 9.02. The number of allylic oxidation sites excluding steroid dienone is 2. The number of rotatable bonds is 7. The number of hydrogen-bond donors (Lipinski definition) is 1. The predicted octanol–water partition coefficient (Wildman–Crippen LogP) is 2.20. The Kier molecular flexibility index (Phi) is 5.71. The third-order valence-electron chi connectivity index (χ3n) is 6.58. The van der Waals surface area contributed by atoms with Crippen molar-refractivity contribution in [3.8, 4) is 0 Å². The molecule has 1 saturated carbocycles. The molecule has 1 aliphatic heterocycles. The van der Waals surface area contributed by atoms with Crippen molar-refractivity contribution in [3.05, 3.63) is 42.0 Å². The number of esters is 1. The van der Waals surface area contributed by atoms with Gasteiger partial charge < -0.3 is 10.1 Å². The van der Waals surface area contributed by atoms with Gasteiger partial charge in [0.05, 0.1) is 11.8 Å². The zero-order valence-electron chi connectivity index (χ0n) is 18.2. The summed E-state index contributed by atoms with van der Waals surface area (Å²) in [5, 5.41) is 2.59. The van der Waals surface area contributed by atoms with Crippen LogP contribution < -0.4 is 5.32 Å². The van der Waals surface area contributed by atoms with Crippen molar-refractivity contribution in [1.29, 1.82) is 0 Å². The third-order valence-corrected chi connectivity index (χ3v) is 6.58. The zero-order valence-corrected chi connectivity index (χ0v) is 18.2. The maximum Gasteiger partial charge on any atom is 0.330 e. The molecule has 3 amide bonds. The van der Waals surface area contributed by atoms with E-state index in [0.717, 1.165) is 11.3 Å². The fraction of sp³-hybridized carbons (Fsp3) is 0.458. The molecule has 168 valence electrons. The van der Waals surface area contributed by atoms with Crippen LogP contribution in [0.1, 0.15) is 37.6 Å². The average Bonchev–Trinajstić information content (AvgIpc) is 3.42. The molecule has 4 rings (SSSR count). The molecule has 1 saturated heterocycles. The van der Waals surface area contributed by atoms with E-state index in [1.54, 1.807) is 38.1 Å². The number of ketones is 1. The van der Waals surface area contributed by atoms with E-state index in [-0.39, 0.29) is 35.4 Å². The lowest BCUT2D eigenvalue weighted by molar-refractivity contribution is -0.162. The third kappa shape index (κ3) is 3.74. The Labute approximate surface area is 186 Å². The van der Waals surface area contributed by atoms with Crippen LogP contribution in [-0.2, 0) is 23.9 Å². The number of Topliss-reactive ketones (excluding diaryl/α,β-unsaturated/α-hetero) is 1. The number of carbonyl (C=O) groups excluding carboxylic acids is 5. The first-order valence-electron chi connectivity index (χ1n) is 10.8. The molecule has 2 fully saturated rings. The van der Waals surface area contributed by atoms with Gasteiger partial charge in [0.1, 0.15) is 6.04 Å². The number of nitrogens with one attached hydrogen (secondary N) is 1. The topological polar surface area (TPSA) is 110 Å². The van der Waals surface area contributed by atoms with Crippen LogP contribution in [0.5, 0.6) is 0 Å². The number of anilines is 1. The molecule has 5 atom stereocenters. The highest BCUT2D eigenvalue weighted by Gasteiger charge is 2.61. The number of ether oxygens (including phenoxy) is 1. The predicted molar refractivity (Wildman–Crippen MR) is 114 cm³/mol. The molecule has 32 heavy (non-hydrogen) atoms. The van der Waals surface area contributed by atoms with Crippen molar-refractivity contribution in [2.75, 3.05) is 11.9 Å². The van der Waals surface area contributed by atoms with Crippen molar-refractivity contribution >= 4 is 35.2 Å². The van der Waals surface area contributed by atoms with Gasteiger partial charge in [-0.3, -0.25) is 24.1 Å². The average molecular weight is 438 g/mol. The number of imide groups is 1. The lowest BCUT2D eigenvalue weighted by Crippen LogP contribution is -2.50. The maximum absolute atomic E-state index is 13.1. The molecule has 8 nitrogen and oxygen atoms in total. The molecule has 8 heteroatoms. The SMILES string of the molecule is CC(=O)c1ccc(NC(=O)COC(=O)[C@H](C(C)C)N2C(=O)[C@@H]3[C@@H](C2=O)[C@H]2C=C[C@H]3C2)cc1. The Bertz CT molecular complexity index is 982. The number of carbonyl (C=O) groups is 5.